The molecular weight excluding hydrogens is 503 g/mol. The predicted octanol–water partition coefficient (Wildman–Crippen LogP) is 6.50. The average molecular weight is 522 g/mol. The molecule has 5 nitrogen and oxygen atoms in total. The molecule has 2 heterocycles. The molecule has 6 aromatic rings. The summed E-state index contributed by atoms with van der Waals surface area (Å²) in [5, 5.41) is 4.79. The molecule has 174 valence electrons. The van der Waals surface area contributed by atoms with E-state index < -0.39 is 0 Å². The fraction of sp³-hybridized carbons (Fsp3) is 0.111. The largest absolute Gasteiger partial charge is 0.493 e. The van der Waals surface area contributed by atoms with E-state index in [0.717, 1.165) is 42.6 Å². The van der Waals surface area contributed by atoms with Crippen molar-refractivity contribution in [1.82, 2.24) is 4.40 Å². The van der Waals surface area contributed by atoms with Crippen molar-refractivity contribution < 1.29 is 14.0 Å². The molecule has 0 saturated carbocycles. The van der Waals surface area contributed by atoms with Crippen LogP contribution in [0.1, 0.15) is 0 Å². The standard InChI is InChI=1S/C27H19Cl2N2O3S/c1-30-19-12-21(33-2)22(34-3)13-20(19)31-26(30)16-8-10-23(35-24-11-14(28)7-9-18(24)29)15-5-4-6-17(25(15)16)27(31)32/h4-13H,1-3H3/q+1. The van der Waals surface area contributed by atoms with Crippen LogP contribution in [0, 0.1) is 0 Å². The summed E-state index contributed by atoms with van der Waals surface area (Å²) >= 11 is 14.2. The van der Waals surface area contributed by atoms with E-state index in [1.165, 1.54) is 11.8 Å². The molecule has 2 aromatic heterocycles. The van der Waals surface area contributed by atoms with Gasteiger partial charge in [0.15, 0.2) is 22.5 Å². The van der Waals surface area contributed by atoms with Crippen molar-refractivity contribution in [3.05, 3.63) is 81.1 Å². The van der Waals surface area contributed by atoms with Crippen molar-refractivity contribution in [3.8, 4) is 11.5 Å². The first-order chi connectivity index (χ1) is 16.9. The van der Waals surface area contributed by atoms with Gasteiger partial charge in [0.1, 0.15) is 0 Å². The Labute approximate surface area is 214 Å². The Morgan fingerprint density at radius 2 is 1.60 bits per heavy atom. The van der Waals surface area contributed by atoms with Crippen LogP contribution in [0.2, 0.25) is 10.0 Å². The number of halogens is 2. The summed E-state index contributed by atoms with van der Waals surface area (Å²) in [7, 11) is 5.15. The highest BCUT2D eigenvalue weighted by atomic mass is 35.5. The lowest BCUT2D eigenvalue weighted by atomic mass is 10.0. The third-order valence-corrected chi connectivity index (χ3v) is 8.21. The summed E-state index contributed by atoms with van der Waals surface area (Å²) in [4.78, 5) is 15.7. The maximum atomic E-state index is 13.9. The van der Waals surface area contributed by atoms with Gasteiger partial charge < -0.3 is 9.47 Å². The van der Waals surface area contributed by atoms with Gasteiger partial charge in [-0.3, -0.25) is 0 Å². The zero-order valence-electron chi connectivity index (χ0n) is 19.1. The predicted molar refractivity (Wildman–Crippen MR) is 142 cm³/mol. The molecule has 0 unspecified atom stereocenters. The Kier molecular flexibility index (Phi) is 5.22. The van der Waals surface area contributed by atoms with Crippen molar-refractivity contribution in [3.63, 3.8) is 0 Å². The summed E-state index contributed by atoms with van der Waals surface area (Å²) in [5.41, 5.74) is 2.35. The Hall–Kier alpha value is -3.19. The number of aryl methyl sites for hydroxylation is 1. The number of methoxy groups -OCH3 is 2. The minimum Gasteiger partial charge on any atom is -0.493 e. The number of imidazole rings is 1. The molecule has 0 fully saturated rings. The molecule has 0 saturated heterocycles. The van der Waals surface area contributed by atoms with E-state index in [2.05, 4.69) is 12.1 Å². The second-order valence-electron chi connectivity index (χ2n) is 8.24. The van der Waals surface area contributed by atoms with Crippen molar-refractivity contribution >= 4 is 73.2 Å². The molecule has 6 rings (SSSR count). The molecule has 0 amide bonds. The van der Waals surface area contributed by atoms with Gasteiger partial charge >= 0.3 is 5.56 Å². The van der Waals surface area contributed by atoms with Gasteiger partial charge in [0, 0.05) is 32.3 Å². The van der Waals surface area contributed by atoms with E-state index in [0.29, 0.717) is 26.9 Å². The second kappa shape index (κ2) is 8.19. The van der Waals surface area contributed by atoms with Crippen LogP contribution in [0.3, 0.4) is 0 Å². The summed E-state index contributed by atoms with van der Waals surface area (Å²) < 4.78 is 14.8. The SMILES string of the molecule is COc1cc2c(cc1OC)[n+](C)c1c3ccc(Sc4cc(Cl)ccc4Cl)c4cccc(c(=O)n21)c43. The maximum absolute atomic E-state index is 13.9. The number of nitrogens with zero attached hydrogens (tertiary/aromatic N) is 2. The fourth-order valence-electron chi connectivity index (χ4n) is 4.82. The highest BCUT2D eigenvalue weighted by Crippen LogP contribution is 2.41. The van der Waals surface area contributed by atoms with Gasteiger partial charge in [0.05, 0.1) is 37.1 Å². The molecule has 0 N–H and O–H groups in total. The lowest BCUT2D eigenvalue weighted by Crippen LogP contribution is -2.29. The van der Waals surface area contributed by atoms with Gasteiger partial charge in [0.2, 0.25) is 0 Å². The minimum absolute atomic E-state index is 0.0844. The number of benzene rings is 4. The molecule has 0 aliphatic heterocycles. The third kappa shape index (κ3) is 3.24. The number of rotatable bonds is 4. The van der Waals surface area contributed by atoms with Crippen molar-refractivity contribution in [2.24, 2.45) is 7.05 Å². The number of pyridine rings is 1. The maximum Gasteiger partial charge on any atom is 0.347 e. The quantitative estimate of drug-likeness (QED) is 0.248. The van der Waals surface area contributed by atoms with Crippen LogP contribution in [0.25, 0.3) is 38.2 Å². The van der Waals surface area contributed by atoms with Gasteiger partial charge in [-0.05, 0) is 41.8 Å². The molecule has 0 bridgehead atoms. The van der Waals surface area contributed by atoms with Crippen molar-refractivity contribution in [2.75, 3.05) is 14.2 Å². The fourth-order valence-corrected chi connectivity index (χ4v) is 6.29. The summed E-state index contributed by atoms with van der Waals surface area (Å²) in [5.74, 6) is 1.18. The highest BCUT2D eigenvalue weighted by Gasteiger charge is 2.27. The van der Waals surface area contributed by atoms with Gasteiger partial charge in [-0.25, -0.2) is 9.36 Å². The molecule has 35 heavy (non-hydrogen) atoms. The number of hydrogen-bond donors (Lipinski definition) is 0. The zero-order chi connectivity index (χ0) is 24.4. The number of aromatic nitrogens is 2. The Balaban J connectivity index is 1.72. The highest BCUT2D eigenvalue weighted by molar-refractivity contribution is 7.99. The molecule has 0 radical (unpaired) electrons. The Morgan fingerprint density at radius 3 is 2.37 bits per heavy atom. The van der Waals surface area contributed by atoms with Crippen LogP contribution in [-0.2, 0) is 7.05 Å². The zero-order valence-corrected chi connectivity index (χ0v) is 21.4. The summed E-state index contributed by atoms with van der Waals surface area (Å²) in [6.07, 6.45) is 0. The Morgan fingerprint density at radius 1 is 0.857 bits per heavy atom. The summed E-state index contributed by atoms with van der Waals surface area (Å²) in [6.45, 7) is 0. The summed E-state index contributed by atoms with van der Waals surface area (Å²) in [6, 6.07) is 19.2. The molecule has 0 spiro atoms. The lowest BCUT2D eigenvalue weighted by molar-refractivity contribution is -0.617. The van der Waals surface area contributed by atoms with Crippen LogP contribution in [0.5, 0.6) is 11.5 Å². The van der Waals surface area contributed by atoms with Gasteiger partial charge in [-0.15, -0.1) is 0 Å². The van der Waals surface area contributed by atoms with E-state index in [1.807, 2.05) is 48.0 Å². The van der Waals surface area contributed by atoms with E-state index in [1.54, 1.807) is 30.8 Å². The van der Waals surface area contributed by atoms with E-state index >= 15 is 0 Å². The van der Waals surface area contributed by atoms with Crippen LogP contribution in [0.4, 0.5) is 0 Å². The van der Waals surface area contributed by atoms with Gasteiger partial charge in [0.25, 0.3) is 5.65 Å². The third-order valence-electron chi connectivity index (χ3n) is 6.40. The smallest absolute Gasteiger partial charge is 0.347 e. The lowest BCUT2D eigenvalue weighted by Gasteiger charge is -2.11. The van der Waals surface area contributed by atoms with E-state index in [9.17, 15) is 4.79 Å². The second-order valence-corrected chi connectivity index (χ2v) is 10.2. The van der Waals surface area contributed by atoms with Gasteiger partial charge in [-0.1, -0.05) is 47.1 Å². The molecule has 0 atom stereocenters. The molecular formula is C27H19Cl2N2O3S+. The van der Waals surface area contributed by atoms with Crippen LogP contribution in [-0.4, -0.2) is 18.6 Å². The number of ether oxygens (including phenoxy) is 2. The Bertz CT molecular complexity index is 1870. The average Bonchev–Trinajstić information content (AvgIpc) is 3.16. The molecule has 0 aliphatic rings. The topological polar surface area (TPSA) is 43.8 Å². The minimum atomic E-state index is -0.0844. The molecule has 8 heteroatoms. The first-order valence-corrected chi connectivity index (χ1v) is 12.4. The van der Waals surface area contributed by atoms with E-state index in [-0.39, 0.29) is 5.56 Å². The molecule has 4 aromatic carbocycles. The van der Waals surface area contributed by atoms with Gasteiger partial charge in [-0.2, -0.15) is 4.40 Å². The first-order valence-electron chi connectivity index (χ1n) is 10.8. The normalized spacial score (nSPS) is 11.8. The van der Waals surface area contributed by atoms with Crippen LogP contribution >= 0.6 is 35.0 Å². The van der Waals surface area contributed by atoms with Crippen molar-refractivity contribution in [2.45, 2.75) is 9.79 Å². The number of hydrogen-bond acceptors (Lipinski definition) is 4. The number of fused-ring (bicyclic) bond motifs is 4. The first kappa shape index (κ1) is 22.3. The van der Waals surface area contributed by atoms with Crippen LogP contribution in [0.15, 0.2) is 75.2 Å². The van der Waals surface area contributed by atoms with Crippen LogP contribution < -0.4 is 19.6 Å². The van der Waals surface area contributed by atoms with Crippen molar-refractivity contribution in [1.29, 1.82) is 0 Å². The van der Waals surface area contributed by atoms with E-state index in [4.69, 9.17) is 32.7 Å². The monoisotopic (exact) mass is 521 g/mol. The molecule has 0 aliphatic carbocycles.